The van der Waals surface area contributed by atoms with Crippen molar-refractivity contribution in [2.45, 2.75) is 6.92 Å². The first-order valence-corrected chi connectivity index (χ1v) is 7.63. The first-order valence-electron chi connectivity index (χ1n) is 7.25. The van der Waals surface area contributed by atoms with Crippen molar-refractivity contribution in [3.8, 4) is 11.1 Å². The molecule has 0 atom stereocenters. The van der Waals surface area contributed by atoms with Crippen LogP contribution in [-0.4, -0.2) is 22.9 Å². The van der Waals surface area contributed by atoms with Gasteiger partial charge in [0.1, 0.15) is 0 Å². The lowest BCUT2D eigenvalue weighted by atomic mass is 9.98. The highest BCUT2D eigenvalue weighted by Crippen LogP contribution is 2.33. The molecule has 7 heteroatoms. The van der Waals surface area contributed by atoms with E-state index in [1.54, 1.807) is 6.07 Å². The molecule has 2 aromatic carbocycles. The van der Waals surface area contributed by atoms with Gasteiger partial charge in [0.15, 0.2) is 5.96 Å². The molecule has 0 saturated heterocycles. The van der Waals surface area contributed by atoms with Crippen molar-refractivity contribution in [1.29, 1.82) is 5.41 Å². The van der Waals surface area contributed by atoms with Gasteiger partial charge in [-0.25, -0.2) is 4.79 Å². The minimum Gasteiger partial charge on any atom is -0.478 e. The molecule has 0 spiro atoms. The highest BCUT2D eigenvalue weighted by Gasteiger charge is 2.17. The van der Waals surface area contributed by atoms with Crippen LogP contribution in [0.3, 0.4) is 0 Å². The Morgan fingerprint density at radius 1 is 1.24 bits per heavy atom. The number of carboxylic acids is 1. The minimum atomic E-state index is -1.06. The summed E-state index contributed by atoms with van der Waals surface area (Å²) in [5.41, 5.74) is 7.26. The summed E-state index contributed by atoms with van der Waals surface area (Å²) in [6.07, 6.45) is 1.44. The highest BCUT2D eigenvalue weighted by molar-refractivity contribution is 6.37. The molecule has 0 bridgehead atoms. The largest absolute Gasteiger partial charge is 0.478 e. The molecular weight excluding hydrogens is 342 g/mol. The van der Waals surface area contributed by atoms with Gasteiger partial charge in [0, 0.05) is 11.1 Å². The maximum absolute atomic E-state index is 12.3. The van der Waals surface area contributed by atoms with Crippen LogP contribution in [0.2, 0.25) is 5.02 Å². The lowest BCUT2D eigenvalue weighted by molar-refractivity contribution is -0.132. The summed E-state index contributed by atoms with van der Waals surface area (Å²) < 4.78 is 0. The topological polar surface area (TPSA) is 116 Å². The summed E-state index contributed by atoms with van der Waals surface area (Å²) in [5, 5.41) is 18.6. The molecule has 5 N–H and O–H groups in total. The second-order valence-electron chi connectivity index (χ2n) is 5.30. The molecule has 0 saturated carbocycles. The van der Waals surface area contributed by atoms with Crippen molar-refractivity contribution < 1.29 is 14.7 Å². The molecular formula is C18H16ClN3O3. The summed E-state index contributed by atoms with van der Waals surface area (Å²) >= 11 is 6.38. The molecule has 0 fully saturated rings. The molecule has 0 radical (unpaired) electrons. The summed E-state index contributed by atoms with van der Waals surface area (Å²) in [6, 6.07) is 12.3. The quantitative estimate of drug-likeness (QED) is 0.382. The van der Waals surface area contributed by atoms with Crippen LogP contribution in [0.5, 0.6) is 0 Å². The van der Waals surface area contributed by atoms with Gasteiger partial charge in [-0.1, -0.05) is 41.9 Å². The van der Waals surface area contributed by atoms with Gasteiger partial charge < -0.3 is 10.8 Å². The lowest BCUT2D eigenvalue weighted by Gasteiger charge is -2.12. The van der Waals surface area contributed by atoms with Crippen LogP contribution in [0, 0.1) is 5.41 Å². The minimum absolute atomic E-state index is 0.0997. The molecule has 0 aliphatic heterocycles. The summed E-state index contributed by atoms with van der Waals surface area (Å²) in [7, 11) is 0. The second-order valence-corrected chi connectivity index (χ2v) is 5.67. The normalized spacial score (nSPS) is 11.0. The number of amides is 1. The number of hydrogen-bond acceptors (Lipinski definition) is 3. The zero-order valence-electron chi connectivity index (χ0n) is 13.3. The molecule has 0 heterocycles. The van der Waals surface area contributed by atoms with E-state index in [1.165, 1.54) is 19.1 Å². The summed E-state index contributed by atoms with van der Waals surface area (Å²) in [5.74, 6) is -2.21. The smallest absolute Gasteiger partial charge is 0.331 e. The predicted octanol–water partition coefficient (Wildman–Crippen LogP) is 3.12. The fourth-order valence-corrected chi connectivity index (χ4v) is 2.53. The number of aliphatic carboxylic acids is 1. The molecule has 128 valence electrons. The Bertz CT molecular complexity index is 877. The standard InChI is InChI=1S/C18H16ClN3O3/c1-10(17(24)25)7-11-8-13(12-5-3-2-4-6-12)15(19)14(9-11)16(23)22-18(20)21/h2-9H,1H3,(H,24,25)(H4,20,21,22,23). The van der Waals surface area contributed by atoms with Gasteiger partial charge in [0.05, 0.1) is 10.6 Å². The third kappa shape index (κ3) is 4.45. The number of hydrogen-bond donors (Lipinski definition) is 4. The Morgan fingerprint density at radius 2 is 1.88 bits per heavy atom. The number of guanidine groups is 1. The third-order valence-electron chi connectivity index (χ3n) is 3.39. The molecule has 6 nitrogen and oxygen atoms in total. The van der Waals surface area contributed by atoms with Crippen molar-refractivity contribution in [1.82, 2.24) is 5.32 Å². The third-order valence-corrected chi connectivity index (χ3v) is 3.80. The Hall–Kier alpha value is -3.12. The van der Waals surface area contributed by atoms with E-state index < -0.39 is 17.8 Å². The maximum atomic E-state index is 12.3. The zero-order chi connectivity index (χ0) is 18.6. The number of benzene rings is 2. The van der Waals surface area contributed by atoms with Crippen molar-refractivity contribution in [3.63, 3.8) is 0 Å². The molecule has 2 aromatic rings. The number of carbonyl (C=O) groups is 2. The van der Waals surface area contributed by atoms with Crippen molar-refractivity contribution >= 4 is 35.5 Å². The van der Waals surface area contributed by atoms with E-state index in [1.807, 2.05) is 30.3 Å². The van der Waals surface area contributed by atoms with Gasteiger partial charge >= 0.3 is 5.97 Å². The van der Waals surface area contributed by atoms with Crippen LogP contribution in [0.1, 0.15) is 22.8 Å². The van der Waals surface area contributed by atoms with Crippen molar-refractivity contribution in [2.75, 3.05) is 0 Å². The average molecular weight is 358 g/mol. The van der Waals surface area contributed by atoms with Gasteiger partial charge in [-0.2, -0.15) is 0 Å². The van der Waals surface area contributed by atoms with E-state index in [4.69, 9.17) is 27.9 Å². The van der Waals surface area contributed by atoms with Crippen LogP contribution >= 0.6 is 11.6 Å². The van der Waals surface area contributed by atoms with E-state index in [9.17, 15) is 9.59 Å². The highest BCUT2D eigenvalue weighted by atomic mass is 35.5. The molecule has 0 aromatic heterocycles. The summed E-state index contributed by atoms with van der Waals surface area (Å²) in [4.78, 5) is 23.3. The average Bonchev–Trinajstić information content (AvgIpc) is 2.56. The SMILES string of the molecule is CC(=Cc1cc(C(=O)NC(=N)N)c(Cl)c(-c2ccccc2)c1)C(=O)O. The molecule has 0 aliphatic carbocycles. The molecule has 1 amide bonds. The van der Waals surface area contributed by atoms with Gasteiger partial charge in [-0.15, -0.1) is 0 Å². The van der Waals surface area contributed by atoms with Crippen molar-refractivity contribution in [2.24, 2.45) is 5.73 Å². The van der Waals surface area contributed by atoms with E-state index in [0.29, 0.717) is 11.1 Å². The Labute approximate surface area is 149 Å². The second kappa shape index (κ2) is 7.63. The zero-order valence-corrected chi connectivity index (χ0v) is 14.1. The molecule has 2 rings (SSSR count). The Kier molecular flexibility index (Phi) is 5.56. The van der Waals surface area contributed by atoms with E-state index in [2.05, 4.69) is 5.32 Å². The van der Waals surface area contributed by atoms with Crippen LogP contribution in [0.25, 0.3) is 17.2 Å². The Morgan fingerprint density at radius 3 is 2.44 bits per heavy atom. The molecule has 25 heavy (non-hydrogen) atoms. The first-order chi connectivity index (χ1) is 11.8. The van der Waals surface area contributed by atoms with Gasteiger partial charge in [-0.3, -0.25) is 15.5 Å². The van der Waals surface area contributed by atoms with Crippen molar-refractivity contribution in [3.05, 3.63) is 64.2 Å². The molecule has 0 aliphatic rings. The van der Waals surface area contributed by atoms with Gasteiger partial charge in [-0.05, 0) is 36.3 Å². The van der Waals surface area contributed by atoms with Gasteiger partial charge in [0.25, 0.3) is 5.91 Å². The number of halogens is 1. The number of rotatable bonds is 4. The van der Waals surface area contributed by atoms with Crippen LogP contribution in [0.4, 0.5) is 0 Å². The summed E-state index contributed by atoms with van der Waals surface area (Å²) in [6.45, 7) is 1.45. The monoisotopic (exact) mass is 357 g/mol. The lowest BCUT2D eigenvalue weighted by Crippen LogP contribution is -2.35. The Balaban J connectivity index is 2.66. The first kappa shape index (κ1) is 18.2. The van der Waals surface area contributed by atoms with Crippen LogP contribution < -0.4 is 11.1 Å². The number of nitrogens with one attached hydrogen (secondary N) is 2. The fourth-order valence-electron chi connectivity index (χ4n) is 2.22. The predicted molar refractivity (Wildman–Crippen MR) is 97.6 cm³/mol. The van der Waals surface area contributed by atoms with Gasteiger partial charge in [0.2, 0.25) is 0 Å². The van der Waals surface area contributed by atoms with E-state index in [-0.39, 0.29) is 16.2 Å². The van der Waals surface area contributed by atoms with Crippen LogP contribution in [-0.2, 0) is 4.79 Å². The number of carbonyl (C=O) groups excluding carboxylic acids is 1. The van der Waals surface area contributed by atoms with E-state index >= 15 is 0 Å². The number of nitrogens with two attached hydrogens (primary N) is 1. The number of carboxylic acid groups (broad SMARTS) is 1. The van der Waals surface area contributed by atoms with E-state index in [0.717, 1.165) is 5.56 Å². The molecule has 0 unspecified atom stereocenters. The fraction of sp³-hybridized carbons (Fsp3) is 0.0556. The van der Waals surface area contributed by atoms with Crippen LogP contribution in [0.15, 0.2) is 48.0 Å². The maximum Gasteiger partial charge on any atom is 0.331 e.